The van der Waals surface area contributed by atoms with Gasteiger partial charge in [-0.05, 0) is 30.4 Å². The lowest BCUT2D eigenvalue weighted by molar-refractivity contribution is -0.118. The standard InChI is InChI=1S/C20H32NOS/c1-2-3-4-5-6-7-8-9-12-17(15-16-20(21)22)18-13-10-11-14-19(18)23/h10-11,13-14,17H,2-9,12,15-16H2,1H3,(H2,21,22). The highest BCUT2D eigenvalue weighted by Gasteiger charge is 2.15. The molecule has 1 radical (unpaired) electrons. The second kappa shape index (κ2) is 12.3. The maximum Gasteiger partial charge on any atom is 0.217 e. The summed E-state index contributed by atoms with van der Waals surface area (Å²) in [7, 11) is 0. The number of hydrogen-bond donors (Lipinski definition) is 1. The Hall–Kier alpha value is -1.09. The van der Waals surface area contributed by atoms with Gasteiger partial charge in [0.15, 0.2) is 0 Å². The van der Waals surface area contributed by atoms with Gasteiger partial charge in [-0.15, -0.1) is 0 Å². The van der Waals surface area contributed by atoms with Crippen LogP contribution in [0.15, 0.2) is 29.2 Å². The van der Waals surface area contributed by atoms with Crippen LogP contribution in [-0.2, 0) is 4.79 Å². The van der Waals surface area contributed by atoms with Crippen LogP contribution >= 0.6 is 12.6 Å². The third-order valence-electron chi connectivity index (χ3n) is 4.50. The van der Waals surface area contributed by atoms with Gasteiger partial charge in [-0.3, -0.25) is 4.79 Å². The summed E-state index contributed by atoms with van der Waals surface area (Å²) >= 11 is 5.45. The number of carbonyl (C=O) groups is 1. The third kappa shape index (κ3) is 8.95. The van der Waals surface area contributed by atoms with Gasteiger partial charge in [0.2, 0.25) is 5.91 Å². The van der Waals surface area contributed by atoms with E-state index in [1.165, 1.54) is 56.9 Å². The zero-order chi connectivity index (χ0) is 16.9. The Morgan fingerprint density at radius 3 is 2.22 bits per heavy atom. The Bertz CT molecular complexity index is 447. The molecule has 3 heteroatoms. The van der Waals surface area contributed by atoms with Gasteiger partial charge in [-0.25, -0.2) is 0 Å². The highest BCUT2D eigenvalue weighted by molar-refractivity contribution is 7.80. The van der Waals surface area contributed by atoms with E-state index in [-0.39, 0.29) is 5.91 Å². The average Bonchev–Trinajstić information content (AvgIpc) is 2.53. The van der Waals surface area contributed by atoms with Crippen LogP contribution in [0.25, 0.3) is 0 Å². The Morgan fingerprint density at radius 2 is 1.61 bits per heavy atom. The molecule has 0 spiro atoms. The lowest BCUT2D eigenvalue weighted by Crippen LogP contribution is -2.12. The van der Waals surface area contributed by atoms with E-state index in [1.54, 1.807) is 0 Å². The molecular weight excluding hydrogens is 302 g/mol. The first-order valence-corrected chi connectivity index (χ1v) is 9.60. The number of amides is 1. The van der Waals surface area contributed by atoms with Gasteiger partial charge in [0, 0.05) is 11.3 Å². The molecule has 1 atom stereocenters. The Kier molecular flexibility index (Phi) is 10.7. The maximum absolute atomic E-state index is 11.1. The summed E-state index contributed by atoms with van der Waals surface area (Å²) in [6.07, 6.45) is 13.0. The molecule has 1 aromatic rings. The predicted molar refractivity (Wildman–Crippen MR) is 101 cm³/mol. The summed E-state index contributed by atoms with van der Waals surface area (Å²) in [5.74, 6) is 0.157. The SMILES string of the molecule is CCCCCCCCCCC(CCC(N)=O)c1ccccc1[S]. The fourth-order valence-electron chi connectivity index (χ4n) is 3.11. The van der Waals surface area contributed by atoms with Crippen molar-refractivity contribution in [3.05, 3.63) is 29.8 Å². The Morgan fingerprint density at radius 1 is 1.00 bits per heavy atom. The molecule has 1 unspecified atom stereocenters. The first-order valence-electron chi connectivity index (χ1n) is 9.19. The topological polar surface area (TPSA) is 43.1 Å². The smallest absolute Gasteiger partial charge is 0.217 e. The van der Waals surface area contributed by atoms with E-state index in [4.69, 9.17) is 18.4 Å². The summed E-state index contributed by atoms with van der Waals surface area (Å²) < 4.78 is 0. The van der Waals surface area contributed by atoms with Crippen molar-refractivity contribution in [2.75, 3.05) is 0 Å². The number of nitrogens with two attached hydrogens (primary N) is 1. The number of primary amides is 1. The molecule has 0 aromatic heterocycles. The second-order valence-corrected chi connectivity index (χ2v) is 6.94. The van der Waals surface area contributed by atoms with Crippen molar-refractivity contribution in [2.45, 2.75) is 88.4 Å². The van der Waals surface area contributed by atoms with E-state index < -0.39 is 0 Å². The van der Waals surface area contributed by atoms with Crippen LogP contribution in [0.2, 0.25) is 0 Å². The fourth-order valence-corrected chi connectivity index (χ4v) is 3.43. The molecule has 0 saturated carbocycles. The lowest BCUT2D eigenvalue weighted by Gasteiger charge is -2.18. The van der Waals surface area contributed by atoms with Crippen LogP contribution < -0.4 is 5.73 Å². The molecule has 129 valence electrons. The van der Waals surface area contributed by atoms with Crippen molar-refractivity contribution in [3.8, 4) is 0 Å². The van der Waals surface area contributed by atoms with Crippen LogP contribution in [0.5, 0.6) is 0 Å². The van der Waals surface area contributed by atoms with Gasteiger partial charge in [0.1, 0.15) is 0 Å². The van der Waals surface area contributed by atoms with Crippen LogP contribution in [0.4, 0.5) is 0 Å². The predicted octanol–water partition coefficient (Wildman–Crippen LogP) is 6.12. The van der Waals surface area contributed by atoms with Crippen LogP contribution in [0, 0.1) is 0 Å². The van der Waals surface area contributed by atoms with Gasteiger partial charge in [-0.2, -0.15) is 0 Å². The van der Waals surface area contributed by atoms with Gasteiger partial charge in [0.25, 0.3) is 0 Å². The van der Waals surface area contributed by atoms with E-state index in [0.29, 0.717) is 12.3 Å². The van der Waals surface area contributed by atoms with Crippen LogP contribution in [0.1, 0.15) is 89.0 Å². The summed E-state index contributed by atoms with van der Waals surface area (Å²) in [4.78, 5) is 12.0. The zero-order valence-corrected chi connectivity index (χ0v) is 15.4. The Balaban J connectivity index is 2.36. The summed E-state index contributed by atoms with van der Waals surface area (Å²) in [5, 5.41) is 0. The zero-order valence-electron chi connectivity index (χ0n) is 14.6. The van der Waals surface area contributed by atoms with Crippen molar-refractivity contribution >= 4 is 18.5 Å². The van der Waals surface area contributed by atoms with E-state index in [1.807, 2.05) is 18.2 Å². The minimum atomic E-state index is -0.215. The molecular formula is C20H32NOS. The largest absolute Gasteiger partial charge is 0.370 e. The van der Waals surface area contributed by atoms with Gasteiger partial charge in [0.05, 0.1) is 0 Å². The van der Waals surface area contributed by atoms with Gasteiger partial charge < -0.3 is 5.73 Å². The first-order chi connectivity index (χ1) is 11.1. The normalized spacial score (nSPS) is 12.2. The van der Waals surface area contributed by atoms with Crippen LogP contribution in [0.3, 0.4) is 0 Å². The number of carbonyl (C=O) groups excluding carboxylic acids is 1. The highest BCUT2D eigenvalue weighted by Crippen LogP contribution is 2.31. The van der Waals surface area contributed by atoms with Crippen molar-refractivity contribution in [1.29, 1.82) is 0 Å². The molecule has 1 aromatic carbocycles. The molecule has 0 aliphatic rings. The molecule has 1 amide bonds. The molecule has 0 saturated heterocycles. The second-order valence-electron chi connectivity index (χ2n) is 6.50. The van der Waals surface area contributed by atoms with Crippen molar-refractivity contribution in [1.82, 2.24) is 0 Å². The highest BCUT2D eigenvalue weighted by atomic mass is 32.1. The molecule has 0 fully saturated rings. The molecule has 0 aliphatic heterocycles. The molecule has 2 N–H and O–H groups in total. The Labute approximate surface area is 147 Å². The summed E-state index contributed by atoms with van der Waals surface area (Å²) in [5.41, 5.74) is 6.54. The number of benzene rings is 1. The summed E-state index contributed by atoms with van der Waals surface area (Å²) in [6, 6.07) is 8.11. The van der Waals surface area contributed by atoms with Gasteiger partial charge >= 0.3 is 0 Å². The monoisotopic (exact) mass is 334 g/mol. The molecule has 1 rings (SSSR count). The number of unbranched alkanes of at least 4 members (excludes halogenated alkanes) is 7. The third-order valence-corrected chi connectivity index (χ3v) is 4.88. The van der Waals surface area contributed by atoms with Crippen molar-refractivity contribution in [2.24, 2.45) is 5.73 Å². The number of hydrogen-bond acceptors (Lipinski definition) is 1. The minimum Gasteiger partial charge on any atom is -0.370 e. The average molecular weight is 335 g/mol. The lowest BCUT2D eigenvalue weighted by atomic mass is 9.89. The molecule has 0 aliphatic carbocycles. The van der Waals surface area contributed by atoms with E-state index in [2.05, 4.69) is 13.0 Å². The van der Waals surface area contributed by atoms with Crippen LogP contribution in [-0.4, -0.2) is 5.91 Å². The molecule has 0 bridgehead atoms. The first kappa shape index (κ1) is 20.0. The van der Waals surface area contributed by atoms with E-state index >= 15 is 0 Å². The molecule has 2 nitrogen and oxygen atoms in total. The van der Waals surface area contributed by atoms with Gasteiger partial charge in [-0.1, -0.05) is 89.1 Å². The quantitative estimate of drug-likeness (QED) is 0.434. The minimum absolute atomic E-state index is 0.215. The maximum atomic E-state index is 11.1. The van der Waals surface area contributed by atoms with Crippen molar-refractivity contribution in [3.63, 3.8) is 0 Å². The molecule has 23 heavy (non-hydrogen) atoms. The number of rotatable bonds is 13. The molecule has 0 heterocycles. The van der Waals surface area contributed by atoms with E-state index in [9.17, 15) is 4.79 Å². The summed E-state index contributed by atoms with van der Waals surface area (Å²) in [6.45, 7) is 2.25. The fraction of sp³-hybridized carbons (Fsp3) is 0.650. The van der Waals surface area contributed by atoms with E-state index in [0.717, 1.165) is 17.7 Å². The van der Waals surface area contributed by atoms with Crippen molar-refractivity contribution < 1.29 is 4.79 Å².